The number of nitrogens with one attached hydrogen (secondary N) is 1. The van der Waals surface area contributed by atoms with Crippen molar-refractivity contribution >= 4 is 23.3 Å². The highest BCUT2D eigenvalue weighted by atomic mass is 32.1. The van der Waals surface area contributed by atoms with Crippen LogP contribution in [0.5, 0.6) is 0 Å². The van der Waals surface area contributed by atoms with Crippen molar-refractivity contribution in [3.63, 3.8) is 0 Å². The zero-order valence-corrected chi connectivity index (χ0v) is 12.2. The smallest absolute Gasteiger partial charge is 0.373 e. The molecule has 0 radical (unpaired) electrons. The minimum Gasteiger partial charge on any atom is -0.481 e. The van der Waals surface area contributed by atoms with Gasteiger partial charge in [0.25, 0.3) is 0 Å². The molecule has 2 aromatic heterocycles. The Morgan fingerprint density at radius 2 is 2.24 bits per heavy atom. The topological polar surface area (TPSA) is 88.8 Å². The minimum absolute atomic E-state index is 0.0227. The molecule has 0 bridgehead atoms. The number of furan rings is 1. The number of thiophene rings is 1. The second-order valence-electron chi connectivity index (χ2n) is 4.30. The first-order valence-corrected chi connectivity index (χ1v) is 7.13. The van der Waals surface area contributed by atoms with Crippen molar-refractivity contribution in [2.45, 2.75) is 19.0 Å². The lowest BCUT2D eigenvalue weighted by Gasteiger charge is -2.14. The van der Waals surface area contributed by atoms with E-state index in [-0.39, 0.29) is 18.2 Å². The average molecular weight is 309 g/mol. The number of rotatable bonds is 7. The molecule has 112 valence electrons. The van der Waals surface area contributed by atoms with Gasteiger partial charge < -0.3 is 19.6 Å². The van der Waals surface area contributed by atoms with Gasteiger partial charge in [0.05, 0.1) is 26.1 Å². The van der Waals surface area contributed by atoms with Gasteiger partial charge in [-0.15, -0.1) is 11.3 Å². The molecule has 0 amide bonds. The SMILES string of the molecule is COC(=O)c1ccc(CNC(CC(=O)O)c2cccs2)o1. The Morgan fingerprint density at radius 1 is 1.43 bits per heavy atom. The van der Waals surface area contributed by atoms with Crippen molar-refractivity contribution in [2.75, 3.05) is 7.11 Å². The molecule has 0 saturated heterocycles. The third-order valence-electron chi connectivity index (χ3n) is 2.84. The molecule has 0 aliphatic carbocycles. The zero-order valence-electron chi connectivity index (χ0n) is 11.4. The minimum atomic E-state index is -0.879. The molecule has 0 aliphatic rings. The summed E-state index contributed by atoms with van der Waals surface area (Å²) in [6.45, 7) is 0.326. The van der Waals surface area contributed by atoms with E-state index in [2.05, 4.69) is 10.1 Å². The van der Waals surface area contributed by atoms with Gasteiger partial charge in [-0.3, -0.25) is 4.79 Å². The molecule has 6 nitrogen and oxygen atoms in total. The number of esters is 1. The summed E-state index contributed by atoms with van der Waals surface area (Å²) >= 11 is 1.49. The molecule has 21 heavy (non-hydrogen) atoms. The summed E-state index contributed by atoms with van der Waals surface area (Å²) in [5, 5.41) is 14.0. The van der Waals surface area contributed by atoms with E-state index in [1.807, 2.05) is 17.5 Å². The highest BCUT2D eigenvalue weighted by Crippen LogP contribution is 2.22. The quantitative estimate of drug-likeness (QED) is 0.764. The molecule has 2 N–H and O–H groups in total. The molecule has 0 aliphatic heterocycles. The Labute approximate surface area is 125 Å². The van der Waals surface area contributed by atoms with Gasteiger partial charge in [0, 0.05) is 4.88 Å². The number of ether oxygens (including phenoxy) is 1. The lowest BCUT2D eigenvalue weighted by molar-refractivity contribution is -0.137. The van der Waals surface area contributed by atoms with Gasteiger partial charge in [0.1, 0.15) is 5.76 Å². The van der Waals surface area contributed by atoms with E-state index in [9.17, 15) is 9.59 Å². The standard InChI is InChI=1S/C14H15NO5S/c1-19-14(18)11-5-4-9(20-11)8-15-10(7-13(16)17)12-3-2-6-21-12/h2-6,10,15H,7-8H2,1H3,(H,16,17). The third kappa shape index (κ3) is 4.17. The predicted octanol–water partition coefficient (Wildman–Crippen LogP) is 2.43. The van der Waals surface area contributed by atoms with Crippen molar-refractivity contribution in [3.05, 3.63) is 46.0 Å². The lowest BCUT2D eigenvalue weighted by atomic mass is 10.1. The summed E-state index contributed by atoms with van der Waals surface area (Å²) in [6.07, 6.45) is -0.0227. The zero-order chi connectivity index (χ0) is 15.2. The molecule has 1 atom stereocenters. The van der Waals surface area contributed by atoms with Gasteiger partial charge in [0.15, 0.2) is 0 Å². The number of carbonyl (C=O) groups excluding carboxylic acids is 1. The molecule has 0 spiro atoms. The van der Waals surface area contributed by atoms with Crippen LogP contribution in [0.15, 0.2) is 34.1 Å². The second kappa shape index (κ2) is 7.05. The van der Waals surface area contributed by atoms with Gasteiger partial charge in [-0.05, 0) is 23.6 Å². The van der Waals surface area contributed by atoms with E-state index in [1.165, 1.54) is 24.5 Å². The van der Waals surface area contributed by atoms with Crippen LogP contribution in [0.1, 0.15) is 33.7 Å². The maximum atomic E-state index is 11.3. The summed E-state index contributed by atoms with van der Waals surface area (Å²) in [5.74, 6) is -0.750. The fraction of sp³-hybridized carbons (Fsp3) is 0.286. The van der Waals surface area contributed by atoms with Crippen molar-refractivity contribution in [2.24, 2.45) is 0 Å². The molecule has 0 aromatic carbocycles. The molecular formula is C14H15NO5S. The van der Waals surface area contributed by atoms with Crippen LogP contribution in [0.2, 0.25) is 0 Å². The van der Waals surface area contributed by atoms with E-state index in [0.29, 0.717) is 12.3 Å². The Morgan fingerprint density at radius 3 is 2.86 bits per heavy atom. The number of hydrogen-bond donors (Lipinski definition) is 2. The molecular weight excluding hydrogens is 294 g/mol. The van der Waals surface area contributed by atoms with Crippen LogP contribution in [0.3, 0.4) is 0 Å². The highest BCUT2D eigenvalue weighted by Gasteiger charge is 2.17. The van der Waals surface area contributed by atoms with Crippen LogP contribution in [0.4, 0.5) is 0 Å². The number of carboxylic acids is 1. The fourth-order valence-electron chi connectivity index (χ4n) is 1.84. The van der Waals surface area contributed by atoms with Crippen molar-refractivity contribution in [3.8, 4) is 0 Å². The molecule has 2 rings (SSSR count). The van der Waals surface area contributed by atoms with Gasteiger partial charge in [0.2, 0.25) is 5.76 Å². The van der Waals surface area contributed by atoms with Gasteiger partial charge >= 0.3 is 11.9 Å². The Kier molecular flexibility index (Phi) is 5.13. The average Bonchev–Trinajstić information content (AvgIpc) is 3.13. The van der Waals surface area contributed by atoms with Gasteiger partial charge in [-0.25, -0.2) is 4.79 Å². The largest absolute Gasteiger partial charge is 0.481 e. The van der Waals surface area contributed by atoms with E-state index in [0.717, 1.165) is 4.88 Å². The Balaban J connectivity index is 2.00. The van der Waals surface area contributed by atoms with Gasteiger partial charge in [-0.2, -0.15) is 0 Å². The van der Waals surface area contributed by atoms with Crippen LogP contribution in [0.25, 0.3) is 0 Å². The summed E-state index contributed by atoms with van der Waals surface area (Å²) in [4.78, 5) is 23.2. The normalized spacial score (nSPS) is 12.0. The Bertz CT molecular complexity index is 605. The highest BCUT2D eigenvalue weighted by molar-refractivity contribution is 7.10. The summed E-state index contributed by atoms with van der Waals surface area (Å²) in [6, 6.07) is 6.65. The van der Waals surface area contributed by atoms with Crippen LogP contribution in [0, 0.1) is 0 Å². The predicted molar refractivity (Wildman–Crippen MR) is 76.2 cm³/mol. The summed E-state index contributed by atoms with van der Waals surface area (Å²) in [5.41, 5.74) is 0. The van der Waals surface area contributed by atoms with Crippen LogP contribution < -0.4 is 5.32 Å². The monoisotopic (exact) mass is 309 g/mol. The summed E-state index contributed by atoms with van der Waals surface area (Å²) < 4.78 is 9.89. The molecule has 7 heteroatoms. The molecule has 0 fully saturated rings. The van der Waals surface area contributed by atoms with Crippen molar-refractivity contribution in [1.82, 2.24) is 5.32 Å². The first kappa shape index (κ1) is 15.3. The van der Waals surface area contributed by atoms with Gasteiger partial charge in [-0.1, -0.05) is 6.07 Å². The third-order valence-corrected chi connectivity index (χ3v) is 3.82. The fourth-order valence-corrected chi connectivity index (χ4v) is 2.65. The maximum absolute atomic E-state index is 11.3. The molecule has 2 aromatic rings. The Hall–Kier alpha value is -2.12. The van der Waals surface area contributed by atoms with Crippen molar-refractivity contribution < 1.29 is 23.8 Å². The molecule has 1 unspecified atom stereocenters. The molecule has 0 saturated carbocycles. The van der Waals surface area contributed by atoms with E-state index in [1.54, 1.807) is 6.07 Å². The maximum Gasteiger partial charge on any atom is 0.373 e. The van der Waals surface area contributed by atoms with E-state index < -0.39 is 11.9 Å². The number of aliphatic carboxylic acids is 1. The number of carbonyl (C=O) groups is 2. The van der Waals surface area contributed by atoms with E-state index >= 15 is 0 Å². The first-order chi connectivity index (χ1) is 10.1. The number of hydrogen-bond acceptors (Lipinski definition) is 6. The second-order valence-corrected chi connectivity index (χ2v) is 5.28. The van der Waals surface area contributed by atoms with E-state index in [4.69, 9.17) is 9.52 Å². The summed E-state index contributed by atoms with van der Waals surface area (Å²) in [7, 11) is 1.28. The van der Waals surface area contributed by atoms with Crippen LogP contribution >= 0.6 is 11.3 Å². The lowest BCUT2D eigenvalue weighted by Crippen LogP contribution is -2.22. The van der Waals surface area contributed by atoms with Crippen molar-refractivity contribution in [1.29, 1.82) is 0 Å². The first-order valence-electron chi connectivity index (χ1n) is 6.25. The number of methoxy groups -OCH3 is 1. The van der Waals surface area contributed by atoms with Crippen LogP contribution in [-0.2, 0) is 16.1 Å². The molecule has 2 heterocycles. The number of carboxylic acid groups (broad SMARTS) is 1. The van der Waals surface area contributed by atoms with Crippen LogP contribution in [-0.4, -0.2) is 24.2 Å².